The Kier molecular flexibility index (Phi) is 1.05. The van der Waals surface area contributed by atoms with Crippen molar-refractivity contribution < 1.29 is 17.7 Å². The number of hydrogen-bond acceptors (Lipinski definition) is 4. The maximum absolute atomic E-state index is 9.95. The number of ether oxygens (including phenoxy) is 1. The van der Waals surface area contributed by atoms with Crippen molar-refractivity contribution in [1.29, 1.82) is 0 Å². The van der Waals surface area contributed by atoms with Crippen LogP contribution in [0, 0.1) is 0 Å². The van der Waals surface area contributed by atoms with Crippen molar-refractivity contribution in [2.24, 2.45) is 5.73 Å². The quantitative estimate of drug-likeness (QED) is 0.341. The summed E-state index contributed by atoms with van der Waals surface area (Å²) in [6, 6.07) is 0. The molecule has 0 aromatic rings. The summed E-state index contributed by atoms with van der Waals surface area (Å²) < 4.78 is 32.2. The molecule has 1 aliphatic rings. The molecule has 2 atom stereocenters. The van der Waals surface area contributed by atoms with Gasteiger partial charge in [-0.25, -0.2) is 0 Å². The molecule has 0 aromatic carbocycles. The zero-order chi connectivity index (χ0) is 6.36. The molecule has 1 rings (SSSR count). The van der Waals surface area contributed by atoms with Gasteiger partial charge in [0.15, 0.2) is 6.23 Å². The third kappa shape index (κ3) is 0.972. The lowest BCUT2D eigenvalue weighted by Crippen LogP contribution is -2.13. The Labute approximate surface area is 46.2 Å². The van der Waals surface area contributed by atoms with Crippen LogP contribution in [0.15, 0.2) is 0 Å². The Morgan fingerprint density at radius 3 is 2.00 bits per heavy atom. The van der Waals surface area contributed by atoms with Crippen LogP contribution >= 0.6 is 0 Å². The molecule has 0 saturated carbocycles. The van der Waals surface area contributed by atoms with Crippen molar-refractivity contribution >= 4 is 10.1 Å². The van der Waals surface area contributed by atoms with Gasteiger partial charge in [-0.15, -0.1) is 0 Å². The van der Waals surface area contributed by atoms with Gasteiger partial charge in [-0.1, -0.05) is 0 Å². The summed E-state index contributed by atoms with van der Waals surface area (Å²) in [5.41, 5.74) is 3.71. The minimum absolute atomic E-state index is 0.829. The molecule has 0 spiro atoms. The zero-order valence-corrected chi connectivity index (χ0v) is 4.63. The lowest BCUT2D eigenvalue weighted by atomic mass is 10.8. The van der Waals surface area contributed by atoms with Crippen molar-refractivity contribution in [2.45, 2.75) is 11.7 Å². The molecular weight excluding hydrogens is 134 g/mol. The van der Waals surface area contributed by atoms with Gasteiger partial charge in [0.1, 0.15) is 0 Å². The minimum Gasteiger partial charge on any atom is -0.334 e. The molecule has 1 aliphatic heterocycles. The average molecular weight is 139 g/mol. The second-order valence-corrected chi connectivity index (χ2v) is 2.98. The molecule has 0 radical (unpaired) electrons. The monoisotopic (exact) mass is 139 g/mol. The summed E-state index contributed by atoms with van der Waals surface area (Å²) in [5.74, 6) is 0. The van der Waals surface area contributed by atoms with E-state index in [1.807, 2.05) is 0 Å². The van der Waals surface area contributed by atoms with Crippen LogP contribution in [0.4, 0.5) is 0 Å². The number of nitrogens with two attached hydrogens (primary N) is 1. The summed E-state index contributed by atoms with van der Waals surface area (Å²) in [5, 5.41) is 0. The lowest BCUT2D eigenvalue weighted by Gasteiger charge is -1.81. The Hall–Kier alpha value is -0.170. The predicted molar refractivity (Wildman–Crippen MR) is 24.4 cm³/mol. The number of hydrogen-bond donors (Lipinski definition) is 2. The average Bonchev–Trinajstić information content (AvgIpc) is 2.13. The van der Waals surface area contributed by atoms with Crippen LogP contribution in [0.3, 0.4) is 0 Å². The van der Waals surface area contributed by atoms with Crippen LogP contribution in [0.1, 0.15) is 0 Å². The van der Waals surface area contributed by atoms with Crippen LogP contribution in [-0.4, -0.2) is 24.6 Å². The fourth-order valence-electron chi connectivity index (χ4n) is 0.349. The second-order valence-electron chi connectivity index (χ2n) is 1.48. The van der Waals surface area contributed by atoms with E-state index in [-0.39, 0.29) is 0 Å². The van der Waals surface area contributed by atoms with Crippen LogP contribution in [0.25, 0.3) is 0 Å². The highest BCUT2D eigenvalue weighted by atomic mass is 32.2. The van der Waals surface area contributed by atoms with Crippen molar-refractivity contribution in [3.63, 3.8) is 0 Å². The molecule has 1 fully saturated rings. The van der Waals surface area contributed by atoms with Gasteiger partial charge in [0, 0.05) is 0 Å². The maximum atomic E-state index is 9.95. The van der Waals surface area contributed by atoms with Crippen molar-refractivity contribution in [2.75, 3.05) is 0 Å². The van der Waals surface area contributed by atoms with Crippen LogP contribution < -0.4 is 5.73 Å². The lowest BCUT2D eigenvalue weighted by molar-refractivity contribution is 0.383. The Balaban J connectivity index is 2.66. The Bertz CT molecular complexity index is 184. The van der Waals surface area contributed by atoms with Gasteiger partial charge >= 0.3 is 0 Å². The van der Waals surface area contributed by atoms with E-state index < -0.39 is 21.8 Å². The second kappa shape index (κ2) is 1.41. The van der Waals surface area contributed by atoms with Gasteiger partial charge < -0.3 is 10.5 Å². The van der Waals surface area contributed by atoms with Crippen LogP contribution in [0.5, 0.6) is 0 Å². The summed E-state index contributed by atoms with van der Waals surface area (Å²) >= 11 is 0. The fraction of sp³-hybridized carbons (Fsp3) is 1.00. The van der Waals surface area contributed by atoms with Crippen LogP contribution in [-0.2, 0) is 14.9 Å². The Morgan fingerprint density at radius 2 is 2.00 bits per heavy atom. The third-order valence-corrected chi connectivity index (χ3v) is 1.74. The SMILES string of the molecule is NC1OC1S(=O)(=O)O. The first-order valence-corrected chi connectivity index (χ1v) is 3.39. The molecule has 48 valence electrons. The molecule has 2 unspecified atom stereocenters. The first kappa shape index (κ1) is 5.96. The van der Waals surface area contributed by atoms with Crippen LogP contribution in [0.2, 0.25) is 0 Å². The largest absolute Gasteiger partial charge is 0.334 e. The highest BCUT2D eigenvalue weighted by molar-refractivity contribution is 7.86. The molecule has 3 N–H and O–H groups in total. The van der Waals surface area contributed by atoms with Crippen molar-refractivity contribution in [1.82, 2.24) is 0 Å². The molecule has 0 amide bonds. The molecule has 8 heavy (non-hydrogen) atoms. The first-order valence-electron chi connectivity index (χ1n) is 1.89. The number of rotatable bonds is 1. The van der Waals surface area contributed by atoms with E-state index in [2.05, 4.69) is 4.74 Å². The van der Waals surface area contributed by atoms with Crippen molar-refractivity contribution in [3.05, 3.63) is 0 Å². The van der Waals surface area contributed by atoms with Gasteiger partial charge in [0.2, 0.25) is 5.44 Å². The van der Waals surface area contributed by atoms with E-state index in [1.54, 1.807) is 0 Å². The summed E-state index contributed by atoms with van der Waals surface area (Å²) in [6.45, 7) is 0. The molecule has 0 bridgehead atoms. The maximum Gasteiger partial charge on any atom is 0.296 e. The molecule has 1 saturated heterocycles. The summed E-state index contributed by atoms with van der Waals surface area (Å²) in [4.78, 5) is 0. The van der Waals surface area contributed by atoms with E-state index in [0.717, 1.165) is 0 Å². The standard InChI is InChI=1S/C2H5NO4S/c3-1-2(7-1)8(4,5)6/h1-2H,3H2,(H,4,5,6). The first-order chi connectivity index (χ1) is 3.52. The highest BCUT2D eigenvalue weighted by Crippen LogP contribution is 2.20. The van der Waals surface area contributed by atoms with Gasteiger partial charge in [0.25, 0.3) is 10.1 Å². The summed E-state index contributed by atoms with van der Waals surface area (Å²) in [6.07, 6.45) is -0.829. The fourth-order valence-corrected chi connectivity index (χ4v) is 0.957. The topological polar surface area (TPSA) is 92.9 Å². The third-order valence-electron chi connectivity index (χ3n) is 0.776. The molecule has 0 aliphatic carbocycles. The molecule has 6 heteroatoms. The molecular formula is C2H5NO4S. The smallest absolute Gasteiger partial charge is 0.296 e. The zero-order valence-electron chi connectivity index (χ0n) is 3.81. The number of epoxide rings is 1. The minimum atomic E-state index is -4.03. The summed E-state index contributed by atoms with van der Waals surface area (Å²) in [7, 11) is -4.03. The Morgan fingerprint density at radius 1 is 1.62 bits per heavy atom. The molecule has 0 aromatic heterocycles. The van der Waals surface area contributed by atoms with Gasteiger partial charge in [-0.05, 0) is 0 Å². The highest BCUT2D eigenvalue weighted by Gasteiger charge is 2.46. The molecule has 1 heterocycles. The normalized spacial score (nSPS) is 37.2. The van der Waals surface area contributed by atoms with E-state index in [4.69, 9.17) is 10.3 Å². The van der Waals surface area contributed by atoms with E-state index in [9.17, 15) is 8.42 Å². The van der Waals surface area contributed by atoms with E-state index in [1.165, 1.54) is 0 Å². The van der Waals surface area contributed by atoms with E-state index in [0.29, 0.717) is 0 Å². The van der Waals surface area contributed by atoms with Gasteiger partial charge in [-0.2, -0.15) is 8.42 Å². The predicted octanol–water partition coefficient (Wildman–Crippen LogP) is -1.48. The van der Waals surface area contributed by atoms with Gasteiger partial charge in [0.05, 0.1) is 0 Å². The molecule has 5 nitrogen and oxygen atoms in total. The van der Waals surface area contributed by atoms with Gasteiger partial charge in [-0.3, -0.25) is 4.55 Å². The van der Waals surface area contributed by atoms with Crippen molar-refractivity contribution in [3.8, 4) is 0 Å². The van der Waals surface area contributed by atoms with E-state index >= 15 is 0 Å².